The number of carbonyl (C=O) groups is 2. The van der Waals surface area contributed by atoms with E-state index in [4.69, 9.17) is 23.2 Å². The average molecular weight is 302 g/mol. The highest BCUT2D eigenvalue weighted by atomic mass is 35.5. The van der Waals surface area contributed by atoms with Gasteiger partial charge in [-0.1, -0.05) is 23.2 Å². The van der Waals surface area contributed by atoms with Crippen LogP contribution in [0.4, 0.5) is 10.5 Å². The van der Waals surface area contributed by atoms with E-state index in [1.165, 1.54) is 0 Å². The summed E-state index contributed by atoms with van der Waals surface area (Å²) >= 11 is 11.7. The molecule has 5 nitrogen and oxygen atoms in total. The van der Waals surface area contributed by atoms with E-state index >= 15 is 0 Å². The Kier molecular flexibility index (Phi) is 4.50. The van der Waals surface area contributed by atoms with Gasteiger partial charge in [-0.25, -0.2) is 4.79 Å². The first-order valence-corrected chi connectivity index (χ1v) is 6.59. The zero-order valence-electron chi connectivity index (χ0n) is 10.0. The average Bonchev–Trinajstić information content (AvgIpc) is 3.15. The van der Waals surface area contributed by atoms with Crippen LogP contribution in [0.2, 0.25) is 10.0 Å². The number of hydrogen-bond acceptors (Lipinski definition) is 2. The molecule has 0 heterocycles. The van der Waals surface area contributed by atoms with Crippen molar-refractivity contribution in [2.24, 2.45) is 0 Å². The molecule has 3 amide bonds. The molecule has 2 rings (SSSR count). The number of urea groups is 1. The Morgan fingerprint density at radius 1 is 1.26 bits per heavy atom. The first-order chi connectivity index (χ1) is 9.04. The van der Waals surface area contributed by atoms with E-state index in [2.05, 4.69) is 16.0 Å². The van der Waals surface area contributed by atoms with Crippen molar-refractivity contribution >= 4 is 40.8 Å². The maximum Gasteiger partial charge on any atom is 0.315 e. The lowest BCUT2D eigenvalue weighted by Crippen LogP contribution is -2.40. The van der Waals surface area contributed by atoms with Crippen molar-refractivity contribution in [2.45, 2.75) is 18.9 Å². The number of amides is 3. The Hall–Kier alpha value is -1.46. The van der Waals surface area contributed by atoms with E-state index in [1.807, 2.05) is 0 Å². The van der Waals surface area contributed by atoms with Gasteiger partial charge < -0.3 is 16.0 Å². The Morgan fingerprint density at radius 2 is 2.00 bits per heavy atom. The quantitative estimate of drug-likeness (QED) is 0.799. The first kappa shape index (κ1) is 14.0. The van der Waals surface area contributed by atoms with E-state index in [-0.39, 0.29) is 24.5 Å². The van der Waals surface area contributed by atoms with Crippen molar-refractivity contribution in [2.75, 3.05) is 11.9 Å². The maximum atomic E-state index is 11.6. The first-order valence-electron chi connectivity index (χ1n) is 5.84. The second-order valence-corrected chi connectivity index (χ2v) is 5.12. The van der Waals surface area contributed by atoms with Crippen molar-refractivity contribution in [3.8, 4) is 0 Å². The van der Waals surface area contributed by atoms with Crippen molar-refractivity contribution in [3.63, 3.8) is 0 Å². The van der Waals surface area contributed by atoms with Gasteiger partial charge in [0.25, 0.3) is 0 Å². The summed E-state index contributed by atoms with van der Waals surface area (Å²) in [5, 5.41) is 8.62. The van der Waals surface area contributed by atoms with Crippen LogP contribution in [-0.4, -0.2) is 24.5 Å². The molecule has 7 heteroatoms. The standard InChI is InChI=1S/C12H13Cl2N3O2/c13-7-1-4-9(14)10(5-7)17-11(18)6-15-12(19)16-8-2-3-8/h1,4-5,8H,2-3,6H2,(H,17,18)(H2,15,16,19). The predicted octanol–water partition coefficient (Wildman–Crippen LogP) is 2.39. The van der Waals surface area contributed by atoms with Crippen molar-refractivity contribution in [3.05, 3.63) is 28.2 Å². The zero-order valence-corrected chi connectivity index (χ0v) is 11.5. The molecular weight excluding hydrogens is 289 g/mol. The van der Waals surface area contributed by atoms with Crippen LogP contribution < -0.4 is 16.0 Å². The SMILES string of the molecule is O=C(CNC(=O)NC1CC1)Nc1cc(Cl)ccc1Cl. The highest BCUT2D eigenvalue weighted by Crippen LogP contribution is 2.25. The number of rotatable bonds is 4. The minimum atomic E-state index is -0.366. The molecule has 1 aromatic rings. The predicted molar refractivity (Wildman–Crippen MR) is 74.6 cm³/mol. The van der Waals surface area contributed by atoms with E-state index in [0.717, 1.165) is 12.8 Å². The summed E-state index contributed by atoms with van der Waals surface area (Å²) in [6.07, 6.45) is 2.00. The fourth-order valence-electron chi connectivity index (χ4n) is 1.41. The molecule has 19 heavy (non-hydrogen) atoms. The van der Waals surface area contributed by atoms with Gasteiger partial charge in [-0.05, 0) is 31.0 Å². The van der Waals surface area contributed by atoms with E-state index in [9.17, 15) is 9.59 Å². The third kappa shape index (κ3) is 4.61. The van der Waals surface area contributed by atoms with Gasteiger partial charge in [0, 0.05) is 11.1 Å². The van der Waals surface area contributed by atoms with Gasteiger partial charge in [0.1, 0.15) is 0 Å². The summed E-state index contributed by atoms with van der Waals surface area (Å²) in [7, 11) is 0. The Morgan fingerprint density at radius 3 is 2.68 bits per heavy atom. The fourth-order valence-corrected chi connectivity index (χ4v) is 1.75. The van der Waals surface area contributed by atoms with Crippen LogP contribution in [-0.2, 0) is 4.79 Å². The molecule has 0 spiro atoms. The van der Waals surface area contributed by atoms with Crippen LogP contribution >= 0.6 is 23.2 Å². The zero-order chi connectivity index (χ0) is 13.8. The summed E-state index contributed by atoms with van der Waals surface area (Å²) in [5.41, 5.74) is 0.420. The highest BCUT2D eigenvalue weighted by molar-refractivity contribution is 6.35. The highest BCUT2D eigenvalue weighted by Gasteiger charge is 2.23. The van der Waals surface area contributed by atoms with Gasteiger partial charge >= 0.3 is 6.03 Å². The van der Waals surface area contributed by atoms with Crippen molar-refractivity contribution in [1.82, 2.24) is 10.6 Å². The topological polar surface area (TPSA) is 70.2 Å². The van der Waals surface area contributed by atoms with Gasteiger partial charge in [-0.3, -0.25) is 4.79 Å². The molecule has 1 aromatic carbocycles. The molecule has 0 aliphatic heterocycles. The largest absolute Gasteiger partial charge is 0.335 e. The van der Waals surface area contributed by atoms with Crippen molar-refractivity contribution < 1.29 is 9.59 Å². The number of nitrogens with one attached hydrogen (secondary N) is 3. The number of hydrogen-bond donors (Lipinski definition) is 3. The van der Waals surface area contributed by atoms with Gasteiger partial charge in [-0.15, -0.1) is 0 Å². The van der Waals surface area contributed by atoms with Gasteiger partial charge in [-0.2, -0.15) is 0 Å². The Balaban J connectivity index is 1.79. The lowest BCUT2D eigenvalue weighted by atomic mass is 10.3. The Bertz CT molecular complexity index is 504. The summed E-state index contributed by atoms with van der Waals surface area (Å²) in [4.78, 5) is 22.9. The van der Waals surface area contributed by atoms with Crippen LogP contribution in [0.15, 0.2) is 18.2 Å². The molecule has 1 aliphatic rings. The molecule has 0 unspecified atom stereocenters. The minimum Gasteiger partial charge on any atom is -0.335 e. The van der Waals surface area contributed by atoms with Gasteiger partial charge in [0.15, 0.2) is 0 Å². The fraction of sp³-hybridized carbons (Fsp3) is 0.333. The number of carbonyl (C=O) groups excluding carboxylic acids is 2. The molecular formula is C12H13Cl2N3O2. The van der Waals surface area contributed by atoms with Gasteiger partial charge in [0.05, 0.1) is 17.3 Å². The van der Waals surface area contributed by atoms with E-state index in [1.54, 1.807) is 18.2 Å². The lowest BCUT2D eigenvalue weighted by molar-refractivity contribution is -0.115. The monoisotopic (exact) mass is 301 g/mol. The third-order valence-electron chi connectivity index (χ3n) is 2.52. The molecule has 0 bridgehead atoms. The molecule has 0 aromatic heterocycles. The smallest absolute Gasteiger partial charge is 0.315 e. The molecule has 1 fully saturated rings. The molecule has 0 atom stereocenters. The van der Waals surface area contributed by atoms with Crippen LogP contribution in [0.3, 0.4) is 0 Å². The normalized spacial score (nSPS) is 13.8. The second kappa shape index (κ2) is 6.12. The molecule has 1 aliphatic carbocycles. The van der Waals surface area contributed by atoms with E-state index < -0.39 is 0 Å². The van der Waals surface area contributed by atoms with Crippen molar-refractivity contribution in [1.29, 1.82) is 0 Å². The second-order valence-electron chi connectivity index (χ2n) is 4.27. The van der Waals surface area contributed by atoms with Crippen LogP contribution in [0.25, 0.3) is 0 Å². The maximum absolute atomic E-state index is 11.6. The number of halogens is 2. The summed E-state index contributed by atoms with van der Waals surface area (Å²) in [5.74, 6) is -0.366. The van der Waals surface area contributed by atoms with Crippen LogP contribution in [0.5, 0.6) is 0 Å². The minimum absolute atomic E-state index is 0.124. The van der Waals surface area contributed by atoms with Crippen LogP contribution in [0, 0.1) is 0 Å². The Labute approximate surface area is 120 Å². The summed E-state index contributed by atoms with van der Waals surface area (Å²) in [6, 6.07) is 4.68. The van der Waals surface area contributed by atoms with Crippen LogP contribution in [0.1, 0.15) is 12.8 Å². The number of anilines is 1. The third-order valence-corrected chi connectivity index (χ3v) is 3.09. The molecule has 102 valence electrons. The molecule has 1 saturated carbocycles. The van der Waals surface area contributed by atoms with E-state index in [0.29, 0.717) is 15.7 Å². The molecule has 0 radical (unpaired) electrons. The molecule has 3 N–H and O–H groups in total. The molecule has 0 saturated heterocycles. The number of benzene rings is 1. The summed E-state index contributed by atoms with van der Waals surface area (Å²) < 4.78 is 0. The van der Waals surface area contributed by atoms with Gasteiger partial charge in [0.2, 0.25) is 5.91 Å². The summed E-state index contributed by atoms with van der Waals surface area (Å²) in [6.45, 7) is -0.124. The lowest BCUT2D eigenvalue weighted by Gasteiger charge is -2.09.